The van der Waals surface area contributed by atoms with Gasteiger partial charge in [-0.3, -0.25) is 0 Å². The summed E-state index contributed by atoms with van der Waals surface area (Å²) in [6.45, 7) is 6.41. The minimum Gasteiger partial charge on any atom is -0.308 e. The molecule has 1 heterocycles. The summed E-state index contributed by atoms with van der Waals surface area (Å²) in [5.74, 6) is -1.16. The van der Waals surface area contributed by atoms with Crippen LogP contribution in [0.15, 0.2) is 40.6 Å². The number of nitrogens with zero attached hydrogens (tertiary/aromatic N) is 2. The normalized spacial score (nSPS) is 11.7. The second-order valence-corrected chi connectivity index (χ2v) is 6.67. The van der Waals surface area contributed by atoms with E-state index in [1.807, 2.05) is 20.8 Å². The van der Waals surface area contributed by atoms with E-state index in [0.717, 1.165) is 11.8 Å². The van der Waals surface area contributed by atoms with Gasteiger partial charge in [-0.25, -0.2) is 18.7 Å². The molecule has 2 aromatic rings. The van der Waals surface area contributed by atoms with Crippen LogP contribution in [0.2, 0.25) is 0 Å². The molecule has 112 valence electrons. The molecule has 0 aliphatic rings. The predicted octanol–water partition coefficient (Wildman–Crippen LogP) is 3.79. The van der Waals surface area contributed by atoms with Gasteiger partial charge in [0, 0.05) is 18.3 Å². The quantitative estimate of drug-likeness (QED) is 0.872. The van der Waals surface area contributed by atoms with E-state index in [0.29, 0.717) is 17.1 Å². The summed E-state index contributed by atoms with van der Waals surface area (Å²) in [5, 5.41) is 3.70. The summed E-state index contributed by atoms with van der Waals surface area (Å²) in [6, 6.07) is 4.31. The summed E-state index contributed by atoms with van der Waals surface area (Å²) < 4.78 is 28.2. The van der Waals surface area contributed by atoms with Crippen LogP contribution in [0.4, 0.5) is 8.78 Å². The van der Waals surface area contributed by atoms with E-state index < -0.39 is 11.6 Å². The smallest absolute Gasteiger partial charge is 0.140 e. The number of nitrogens with one attached hydrogen (secondary N) is 1. The average Bonchev–Trinajstić information content (AvgIpc) is 2.41. The van der Waals surface area contributed by atoms with Crippen LogP contribution in [0.1, 0.15) is 26.3 Å². The third-order valence-electron chi connectivity index (χ3n) is 2.64. The molecule has 0 unspecified atom stereocenters. The number of hydrogen-bond donors (Lipinski definition) is 1. The number of benzene rings is 1. The molecule has 1 N–H and O–H groups in total. The standard InChI is InChI=1S/C15H17F2N3S/c1-15(2,3)20-8-10-6-11(16)14(12(17)7-10)21-13-4-5-18-9-19-13/h4-7,9,20H,8H2,1-3H3. The van der Waals surface area contributed by atoms with Gasteiger partial charge in [-0.2, -0.15) is 0 Å². The van der Waals surface area contributed by atoms with Crippen LogP contribution in [-0.2, 0) is 6.54 Å². The fourth-order valence-corrected chi connectivity index (χ4v) is 2.37. The highest BCUT2D eigenvalue weighted by Gasteiger charge is 2.15. The van der Waals surface area contributed by atoms with E-state index in [-0.39, 0.29) is 10.4 Å². The molecule has 0 aliphatic carbocycles. The lowest BCUT2D eigenvalue weighted by Gasteiger charge is -2.20. The van der Waals surface area contributed by atoms with Gasteiger partial charge in [0.05, 0.1) is 4.90 Å². The zero-order valence-corrected chi connectivity index (χ0v) is 13.0. The van der Waals surface area contributed by atoms with Gasteiger partial charge in [-0.15, -0.1) is 0 Å². The maximum Gasteiger partial charge on any atom is 0.140 e. The Bertz CT molecular complexity index is 589. The first kappa shape index (κ1) is 15.9. The van der Waals surface area contributed by atoms with E-state index >= 15 is 0 Å². The molecule has 0 atom stereocenters. The zero-order chi connectivity index (χ0) is 15.5. The molecule has 1 aromatic carbocycles. The molecule has 3 nitrogen and oxygen atoms in total. The Kier molecular flexibility index (Phi) is 4.90. The number of hydrogen-bond acceptors (Lipinski definition) is 4. The van der Waals surface area contributed by atoms with Crippen LogP contribution < -0.4 is 5.32 Å². The molecule has 6 heteroatoms. The first-order valence-electron chi connectivity index (χ1n) is 6.52. The number of aromatic nitrogens is 2. The first-order valence-corrected chi connectivity index (χ1v) is 7.33. The fourth-order valence-electron chi connectivity index (χ4n) is 1.62. The maximum atomic E-state index is 14.1. The van der Waals surface area contributed by atoms with Gasteiger partial charge >= 0.3 is 0 Å². The Labute approximate surface area is 127 Å². The molecule has 0 saturated heterocycles. The van der Waals surface area contributed by atoms with Crippen molar-refractivity contribution in [3.8, 4) is 0 Å². The van der Waals surface area contributed by atoms with Crippen LogP contribution >= 0.6 is 11.8 Å². The van der Waals surface area contributed by atoms with E-state index in [1.165, 1.54) is 24.7 Å². The van der Waals surface area contributed by atoms with Crippen molar-refractivity contribution in [3.05, 3.63) is 47.9 Å². The molecule has 2 rings (SSSR count). The topological polar surface area (TPSA) is 37.8 Å². The van der Waals surface area contributed by atoms with Crippen LogP contribution in [0.3, 0.4) is 0 Å². The Morgan fingerprint density at radius 2 is 1.86 bits per heavy atom. The van der Waals surface area contributed by atoms with E-state index in [9.17, 15) is 8.78 Å². The van der Waals surface area contributed by atoms with E-state index in [1.54, 1.807) is 6.07 Å². The molecule has 0 saturated carbocycles. The van der Waals surface area contributed by atoms with Gasteiger partial charge < -0.3 is 5.32 Å². The second-order valence-electron chi connectivity index (χ2n) is 5.64. The first-order chi connectivity index (χ1) is 9.85. The van der Waals surface area contributed by atoms with Crippen LogP contribution in [0.25, 0.3) is 0 Å². The van der Waals surface area contributed by atoms with Crippen molar-refractivity contribution in [1.29, 1.82) is 0 Å². The van der Waals surface area contributed by atoms with Crippen molar-refractivity contribution < 1.29 is 8.78 Å². The van der Waals surface area contributed by atoms with Crippen LogP contribution in [0, 0.1) is 11.6 Å². The monoisotopic (exact) mass is 309 g/mol. The number of rotatable bonds is 4. The molecular weight excluding hydrogens is 292 g/mol. The fraction of sp³-hybridized carbons (Fsp3) is 0.333. The summed E-state index contributed by atoms with van der Waals surface area (Å²) in [7, 11) is 0. The molecule has 21 heavy (non-hydrogen) atoms. The van der Waals surface area contributed by atoms with Crippen LogP contribution in [-0.4, -0.2) is 15.5 Å². The Balaban J connectivity index is 2.17. The van der Waals surface area contributed by atoms with Crippen molar-refractivity contribution in [3.63, 3.8) is 0 Å². The van der Waals surface area contributed by atoms with Gasteiger partial charge in [0.2, 0.25) is 0 Å². The Hall–Kier alpha value is -1.53. The Morgan fingerprint density at radius 3 is 2.38 bits per heavy atom. The third kappa shape index (κ3) is 4.75. The highest BCUT2D eigenvalue weighted by atomic mass is 32.2. The molecule has 0 aliphatic heterocycles. The summed E-state index contributed by atoms with van der Waals surface area (Å²) in [4.78, 5) is 7.68. The lowest BCUT2D eigenvalue weighted by atomic mass is 10.1. The Morgan fingerprint density at radius 1 is 1.19 bits per heavy atom. The minimum absolute atomic E-state index is 0.0480. The maximum absolute atomic E-state index is 14.1. The highest BCUT2D eigenvalue weighted by molar-refractivity contribution is 7.99. The van der Waals surface area contributed by atoms with Crippen molar-refractivity contribution >= 4 is 11.8 Å². The number of halogens is 2. The summed E-state index contributed by atoms with van der Waals surface area (Å²) in [5.41, 5.74) is 0.466. The van der Waals surface area contributed by atoms with Gasteiger partial charge in [0.15, 0.2) is 0 Å². The van der Waals surface area contributed by atoms with Crippen molar-refractivity contribution in [1.82, 2.24) is 15.3 Å². The second kappa shape index (κ2) is 6.49. The third-order valence-corrected chi connectivity index (χ3v) is 3.69. The molecule has 0 radical (unpaired) electrons. The predicted molar refractivity (Wildman–Crippen MR) is 79.1 cm³/mol. The van der Waals surface area contributed by atoms with Gasteiger partial charge in [-0.05, 0) is 44.5 Å². The van der Waals surface area contributed by atoms with Gasteiger partial charge in [0.25, 0.3) is 0 Å². The SMILES string of the molecule is CC(C)(C)NCc1cc(F)c(Sc2ccncn2)c(F)c1. The lowest BCUT2D eigenvalue weighted by molar-refractivity contribution is 0.422. The zero-order valence-electron chi connectivity index (χ0n) is 12.2. The van der Waals surface area contributed by atoms with E-state index in [2.05, 4.69) is 15.3 Å². The largest absolute Gasteiger partial charge is 0.308 e. The lowest BCUT2D eigenvalue weighted by Crippen LogP contribution is -2.35. The minimum atomic E-state index is -0.579. The molecule has 1 aromatic heterocycles. The van der Waals surface area contributed by atoms with Gasteiger partial charge in [-0.1, -0.05) is 11.8 Å². The molecular formula is C15H17F2N3S. The highest BCUT2D eigenvalue weighted by Crippen LogP contribution is 2.31. The average molecular weight is 309 g/mol. The summed E-state index contributed by atoms with van der Waals surface area (Å²) in [6.07, 6.45) is 2.88. The van der Waals surface area contributed by atoms with Crippen molar-refractivity contribution in [2.45, 2.75) is 42.8 Å². The van der Waals surface area contributed by atoms with Crippen molar-refractivity contribution in [2.24, 2.45) is 0 Å². The molecule has 0 bridgehead atoms. The summed E-state index contributed by atoms with van der Waals surface area (Å²) >= 11 is 0.952. The van der Waals surface area contributed by atoms with Crippen LogP contribution in [0.5, 0.6) is 0 Å². The molecule has 0 fully saturated rings. The molecule has 0 spiro atoms. The van der Waals surface area contributed by atoms with E-state index in [4.69, 9.17) is 0 Å². The molecule has 0 amide bonds. The van der Waals surface area contributed by atoms with Crippen molar-refractivity contribution in [2.75, 3.05) is 0 Å². The van der Waals surface area contributed by atoms with Gasteiger partial charge in [0.1, 0.15) is 23.0 Å².